The predicted molar refractivity (Wildman–Crippen MR) is 163 cm³/mol. The van der Waals surface area contributed by atoms with Crippen LogP contribution in [0.4, 0.5) is 10.8 Å². The summed E-state index contributed by atoms with van der Waals surface area (Å²) < 4.78 is 6.50. The maximum Gasteiger partial charge on any atom is 0.307 e. The van der Waals surface area contributed by atoms with Crippen LogP contribution in [-0.4, -0.2) is 34.5 Å². The number of benzene rings is 3. The first kappa shape index (κ1) is 28.4. The molecule has 0 spiro atoms. The van der Waals surface area contributed by atoms with Gasteiger partial charge in [0.05, 0.1) is 28.7 Å². The molecular weight excluding hydrogens is 558 g/mol. The minimum absolute atomic E-state index is 0.224. The molecule has 2 amide bonds. The molecule has 0 saturated carbocycles. The van der Waals surface area contributed by atoms with E-state index < -0.39 is 23.1 Å². The highest BCUT2D eigenvalue weighted by atomic mass is 32.2. The Morgan fingerprint density at radius 1 is 1.00 bits per heavy atom. The molecule has 0 bridgehead atoms. The number of ether oxygens (including phenoxy) is 1. The molecule has 41 heavy (non-hydrogen) atoms. The van der Waals surface area contributed by atoms with E-state index in [2.05, 4.69) is 15.6 Å². The second-order valence-corrected chi connectivity index (χ2v) is 11.7. The second kappa shape index (κ2) is 13.0. The van der Waals surface area contributed by atoms with Crippen molar-refractivity contribution in [3.05, 3.63) is 90.5 Å². The van der Waals surface area contributed by atoms with Gasteiger partial charge in [0.2, 0.25) is 11.8 Å². The molecule has 3 atom stereocenters. The minimum atomic E-state index is -0.974. The normalized spacial score (nSPS) is 17.1. The topological polar surface area (TPSA) is 118 Å². The lowest BCUT2D eigenvalue weighted by atomic mass is 9.82. The Morgan fingerprint density at radius 3 is 2.54 bits per heavy atom. The van der Waals surface area contributed by atoms with E-state index in [0.29, 0.717) is 30.3 Å². The number of carbonyl (C=O) groups is 3. The van der Waals surface area contributed by atoms with Crippen molar-refractivity contribution in [1.82, 2.24) is 4.98 Å². The van der Waals surface area contributed by atoms with Gasteiger partial charge in [-0.3, -0.25) is 14.4 Å². The lowest BCUT2D eigenvalue weighted by molar-refractivity contribution is -0.146. The predicted octanol–water partition coefficient (Wildman–Crippen LogP) is 6.77. The Labute approximate surface area is 245 Å². The zero-order valence-electron chi connectivity index (χ0n) is 22.3. The van der Waals surface area contributed by atoms with Gasteiger partial charge in [-0.2, -0.15) is 0 Å². The van der Waals surface area contributed by atoms with Crippen LogP contribution < -0.4 is 15.4 Å². The van der Waals surface area contributed by atoms with Crippen molar-refractivity contribution in [1.29, 1.82) is 0 Å². The second-order valence-electron chi connectivity index (χ2n) is 9.49. The molecule has 10 heteroatoms. The number of carbonyl (C=O) groups excluding carboxylic acids is 2. The van der Waals surface area contributed by atoms with Crippen LogP contribution in [0.2, 0.25) is 0 Å². The highest BCUT2D eigenvalue weighted by Crippen LogP contribution is 2.38. The summed E-state index contributed by atoms with van der Waals surface area (Å²) in [4.78, 5) is 43.6. The van der Waals surface area contributed by atoms with Crippen molar-refractivity contribution in [3.63, 3.8) is 0 Å². The highest BCUT2D eigenvalue weighted by molar-refractivity contribution is 8.00. The van der Waals surface area contributed by atoms with Crippen molar-refractivity contribution in [2.24, 2.45) is 11.8 Å². The van der Waals surface area contributed by atoms with Gasteiger partial charge in [0.1, 0.15) is 11.0 Å². The summed E-state index contributed by atoms with van der Waals surface area (Å²) in [5, 5.41) is 15.3. The van der Waals surface area contributed by atoms with E-state index in [1.807, 2.05) is 67.6 Å². The van der Waals surface area contributed by atoms with Crippen LogP contribution in [0.1, 0.15) is 30.6 Å². The molecule has 1 aliphatic carbocycles. The molecule has 3 unspecified atom stereocenters. The van der Waals surface area contributed by atoms with E-state index in [-0.39, 0.29) is 11.8 Å². The van der Waals surface area contributed by atoms with Crippen LogP contribution in [-0.2, 0) is 14.4 Å². The Bertz CT molecular complexity index is 1590. The molecular formula is C31H29N3O5S2. The zero-order chi connectivity index (χ0) is 28.8. The third-order valence-corrected chi connectivity index (χ3v) is 8.87. The molecule has 0 saturated heterocycles. The number of thiazole rings is 1. The number of thioether (sulfide) groups is 1. The summed E-state index contributed by atoms with van der Waals surface area (Å²) in [6, 6.07) is 22.3. The summed E-state index contributed by atoms with van der Waals surface area (Å²) in [5.41, 5.74) is 2.14. The van der Waals surface area contributed by atoms with Gasteiger partial charge in [-0.25, -0.2) is 4.98 Å². The molecule has 0 fully saturated rings. The van der Waals surface area contributed by atoms with Crippen molar-refractivity contribution < 1.29 is 24.2 Å². The Morgan fingerprint density at radius 2 is 1.78 bits per heavy atom. The molecule has 4 aromatic rings. The Hall–Kier alpha value is -4.15. The van der Waals surface area contributed by atoms with E-state index in [1.165, 1.54) is 23.1 Å². The van der Waals surface area contributed by atoms with Gasteiger partial charge in [0.15, 0.2) is 5.13 Å². The third kappa shape index (κ3) is 6.96. The van der Waals surface area contributed by atoms with Gasteiger partial charge < -0.3 is 20.5 Å². The summed E-state index contributed by atoms with van der Waals surface area (Å²) in [6.07, 6.45) is 4.37. The smallest absolute Gasteiger partial charge is 0.307 e. The van der Waals surface area contributed by atoms with Gasteiger partial charge in [-0.15, -0.1) is 11.8 Å². The highest BCUT2D eigenvalue weighted by Gasteiger charge is 2.34. The van der Waals surface area contributed by atoms with E-state index in [9.17, 15) is 19.5 Å². The van der Waals surface area contributed by atoms with Crippen LogP contribution in [0.25, 0.3) is 10.2 Å². The number of hydrogen-bond donors (Lipinski definition) is 3. The fourth-order valence-electron chi connectivity index (χ4n) is 4.68. The fraction of sp³-hybridized carbons (Fsp3) is 0.226. The summed E-state index contributed by atoms with van der Waals surface area (Å²) in [7, 11) is 0. The van der Waals surface area contributed by atoms with Gasteiger partial charge in [0, 0.05) is 10.6 Å². The molecule has 1 heterocycles. The van der Waals surface area contributed by atoms with Crippen LogP contribution in [0, 0.1) is 11.8 Å². The molecule has 1 aliphatic rings. The molecule has 1 aromatic heterocycles. The molecule has 3 N–H and O–H groups in total. The Balaban J connectivity index is 1.33. The number of anilines is 2. The zero-order valence-corrected chi connectivity index (χ0v) is 23.9. The maximum absolute atomic E-state index is 13.6. The average Bonchev–Trinajstić information content (AvgIpc) is 3.38. The number of hydrogen-bond acceptors (Lipinski definition) is 7. The lowest BCUT2D eigenvalue weighted by Crippen LogP contribution is -2.34. The molecule has 5 rings (SSSR count). The molecule has 8 nitrogen and oxygen atoms in total. The van der Waals surface area contributed by atoms with Crippen LogP contribution in [0.3, 0.4) is 0 Å². The number of allylic oxidation sites excluding steroid dienone is 2. The SMILES string of the molecule is CCOc1ccc2nc(NC(=O)C(Sc3cccc(NC(=O)C4CC=CCC4C(=O)O)c3)c3ccccc3)sc2c1. The monoisotopic (exact) mass is 587 g/mol. The number of carboxylic acid groups (broad SMARTS) is 1. The summed E-state index contributed by atoms with van der Waals surface area (Å²) in [6.45, 7) is 2.49. The first-order valence-corrected chi connectivity index (χ1v) is 15.0. The number of rotatable bonds is 10. The number of carboxylic acids is 1. The number of amides is 2. The van der Waals surface area contributed by atoms with Crippen molar-refractivity contribution in [3.8, 4) is 5.75 Å². The number of aliphatic carboxylic acids is 1. The van der Waals surface area contributed by atoms with Crippen molar-refractivity contribution >= 4 is 61.9 Å². The largest absolute Gasteiger partial charge is 0.494 e. The van der Waals surface area contributed by atoms with Crippen molar-refractivity contribution in [2.45, 2.75) is 29.9 Å². The van der Waals surface area contributed by atoms with Gasteiger partial charge in [-0.05, 0) is 61.7 Å². The number of nitrogens with one attached hydrogen (secondary N) is 2. The fourth-order valence-corrected chi connectivity index (χ4v) is 6.66. The first-order chi connectivity index (χ1) is 19.9. The molecule has 0 radical (unpaired) electrons. The Kier molecular flexibility index (Phi) is 9.01. The van der Waals surface area contributed by atoms with Gasteiger partial charge >= 0.3 is 5.97 Å². The quantitative estimate of drug-likeness (QED) is 0.138. The number of aromatic nitrogens is 1. The van der Waals surface area contributed by atoms with E-state index in [1.54, 1.807) is 24.3 Å². The maximum atomic E-state index is 13.6. The number of fused-ring (bicyclic) bond motifs is 1. The van der Waals surface area contributed by atoms with Crippen LogP contribution >= 0.6 is 23.1 Å². The summed E-state index contributed by atoms with van der Waals surface area (Å²) >= 11 is 2.74. The number of nitrogens with zero attached hydrogens (tertiary/aromatic N) is 1. The average molecular weight is 588 g/mol. The van der Waals surface area contributed by atoms with Gasteiger partial charge in [0.25, 0.3) is 0 Å². The van der Waals surface area contributed by atoms with E-state index in [0.717, 1.165) is 26.4 Å². The molecule has 210 valence electrons. The first-order valence-electron chi connectivity index (χ1n) is 13.3. The summed E-state index contributed by atoms with van der Waals surface area (Å²) in [5.74, 6) is -2.17. The third-order valence-electron chi connectivity index (χ3n) is 6.68. The van der Waals surface area contributed by atoms with E-state index >= 15 is 0 Å². The van der Waals surface area contributed by atoms with E-state index in [4.69, 9.17) is 4.74 Å². The molecule has 3 aromatic carbocycles. The van der Waals surface area contributed by atoms with Crippen LogP contribution in [0.15, 0.2) is 89.8 Å². The lowest BCUT2D eigenvalue weighted by Gasteiger charge is -2.24. The van der Waals surface area contributed by atoms with Gasteiger partial charge in [-0.1, -0.05) is 59.9 Å². The van der Waals surface area contributed by atoms with Crippen molar-refractivity contribution in [2.75, 3.05) is 17.2 Å². The van der Waals surface area contributed by atoms with Crippen LogP contribution in [0.5, 0.6) is 5.75 Å². The molecule has 0 aliphatic heterocycles. The standard InChI is InChI=1S/C31H29N3O5S2/c1-2-39-21-15-16-25-26(18-21)41-31(33-25)34-29(36)27(19-9-4-3-5-10-19)40-22-12-8-11-20(17-22)32-28(35)23-13-6-7-14-24(23)30(37)38/h3-12,15-18,23-24,27H,2,13-14H2,1H3,(H,32,35)(H,37,38)(H,33,34,36). The minimum Gasteiger partial charge on any atom is -0.494 e.